The van der Waals surface area contributed by atoms with E-state index in [9.17, 15) is 9.59 Å². The van der Waals surface area contributed by atoms with Gasteiger partial charge < -0.3 is 10.6 Å². The van der Waals surface area contributed by atoms with E-state index in [1.165, 1.54) is 32.7 Å². The van der Waals surface area contributed by atoms with Crippen LogP contribution in [0.4, 0.5) is 4.79 Å². The minimum Gasteiger partial charge on any atom is -0.341 e. The molecule has 3 N–H and O–H groups in total. The topological polar surface area (TPSA) is 70.2 Å². The first kappa shape index (κ1) is 17.0. The highest BCUT2D eigenvalue weighted by Crippen LogP contribution is 2.30. The summed E-state index contributed by atoms with van der Waals surface area (Å²) in [7, 11) is 1.50. The Morgan fingerprint density at radius 2 is 1.90 bits per heavy atom. The van der Waals surface area contributed by atoms with E-state index in [0.29, 0.717) is 12.0 Å². The molecule has 5 heteroatoms. The third kappa shape index (κ3) is 5.49. The van der Waals surface area contributed by atoms with Crippen LogP contribution in [-0.2, 0) is 4.79 Å². The van der Waals surface area contributed by atoms with Crippen molar-refractivity contribution in [3.63, 3.8) is 0 Å². The summed E-state index contributed by atoms with van der Waals surface area (Å²) < 4.78 is 0. The Hall–Kier alpha value is -1.10. The van der Waals surface area contributed by atoms with Crippen LogP contribution in [0.25, 0.3) is 0 Å². The first-order valence-electron chi connectivity index (χ1n) is 7.72. The third-order valence-corrected chi connectivity index (χ3v) is 4.10. The lowest BCUT2D eigenvalue weighted by Gasteiger charge is -2.25. The van der Waals surface area contributed by atoms with E-state index < -0.39 is 6.03 Å². The van der Waals surface area contributed by atoms with Crippen molar-refractivity contribution >= 4 is 11.9 Å². The zero-order valence-electron chi connectivity index (χ0n) is 13.2. The van der Waals surface area contributed by atoms with Gasteiger partial charge in [0, 0.05) is 13.1 Å². The Morgan fingerprint density at radius 1 is 1.20 bits per heavy atom. The molecule has 0 saturated heterocycles. The molecule has 1 rings (SSSR count). The maximum absolute atomic E-state index is 11.8. The second-order valence-electron chi connectivity index (χ2n) is 6.23. The molecular formula is C15H29N3O2. The van der Waals surface area contributed by atoms with Crippen molar-refractivity contribution in [2.75, 3.05) is 7.05 Å². The van der Waals surface area contributed by atoms with Gasteiger partial charge in [-0.05, 0) is 38.0 Å². The highest BCUT2D eigenvalue weighted by molar-refractivity contribution is 5.96. The fourth-order valence-electron chi connectivity index (χ4n) is 2.83. The lowest BCUT2D eigenvalue weighted by Crippen LogP contribution is -2.50. The summed E-state index contributed by atoms with van der Waals surface area (Å²) in [4.78, 5) is 23.0. The van der Waals surface area contributed by atoms with Crippen molar-refractivity contribution in [3.8, 4) is 0 Å². The molecule has 1 aliphatic carbocycles. The van der Waals surface area contributed by atoms with Crippen LogP contribution >= 0.6 is 0 Å². The number of imide groups is 1. The number of carbonyl (C=O) groups excluding carboxylic acids is 2. The van der Waals surface area contributed by atoms with Crippen LogP contribution < -0.4 is 16.0 Å². The quantitative estimate of drug-likeness (QED) is 0.698. The van der Waals surface area contributed by atoms with Crippen LogP contribution in [0.2, 0.25) is 0 Å². The Balaban J connectivity index is 2.41. The number of amides is 3. The number of carbonyl (C=O) groups is 2. The molecule has 3 amide bonds. The van der Waals surface area contributed by atoms with Crippen LogP contribution in [-0.4, -0.2) is 31.1 Å². The molecule has 1 saturated carbocycles. The molecule has 3 atom stereocenters. The average molecular weight is 283 g/mol. The predicted molar refractivity (Wildman–Crippen MR) is 80.4 cm³/mol. The fourth-order valence-corrected chi connectivity index (χ4v) is 2.83. The largest absolute Gasteiger partial charge is 0.341 e. The summed E-state index contributed by atoms with van der Waals surface area (Å²) in [6, 6.07) is -0.387. The van der Waals surface area contributed by atoms with Gasteiger partial charge in [-0.15, -0.1) is 0 Å². The van der Waals surface area contributed by atoms with Crippen molar-refractivity contribution in [2.24, 2.45) is 11.8 Å². The molecular weight excluding hydrogens is 254 g/mol. The Bertz CT molecular complexity index is 331. The van der Waals surface area contributed by atoms with E-state index in [-0.39, 0.29) is 11.9 Å². The van der Waals surface area contributed by atoms with Gasteiger partial charge in [-0.2, -0.15) is 0 Å². The highest BCUT2D eigenvalue weighted by atomic mass is 16.2. The summed E-state index contributed by atoms with van der Waals surface area (Å²) >= 11 is 0. The molecule has 0 aromatic carbocycles. The van der Waals surface area contributed by atoms with Gasteiger partial charge in [0.15, 0.2) is 0 Å². The lowest BCUT2D eigenvalue weighted by atomic mass is 9.93. The van der Waals surface area contributed by atoms with Gasteiger partial charge in [0.1, 0.15) is 0 Å². The molecule has 0 spiro atoms. The first-order chi connectivity index (χ1) is 9.43. The highest BCUT2D eigenvalue weighted by Gasteiger charge is 2.29. The van der Waals surface area contributed by atoms with E-state index in [1.54, 1.807) is 0 Å². The van der Waals surface area contributed by atoms with Crippen molar-refractivity contribution in [1.29, 1.82) is 0 Å². The summed E-state index contributed by atoms with van der Waals surface area (Å²) in [5, 5.41) is 8.09. The smallest absolute Gasteiger partial charge is 0.321 e. The summed E-state index contributed by atoms with van der Waals surface area (Å²) in [6.45, 7) is 6.31. The monoisotopic (exact) mass is 283 g/mol. The molecule has 5 nitrogen and oxygen atoms in total. The van der Waals surface area contributed by atoms with Gasteiger partial charge in [-0.3, -0.25) is 10.1 Å². The van der Waals surface area contributed by atoms with Crippen LogP contribution in [0.3, 0.4) is 0 Å². The minimum atomic E-state index is -0.452. The van der Waals surface area contributed by atoms with E-state index in [1.807, 2.05) is 6.92 Å². The molecule has 0 aromatic heterocycles. The molecule has 116 valence electrons. The number of urea groups is 1. The first-order valence-corrected chi connectivity index (χ1v) is 7.72. The van der Waals surface area contributed by atoms with Crippen LogP contribution in [0.5, 0.6) is 0 Å². The van der Waals surface area contributed by atoms with Crippen LogP contribution in [0.15, 0.2) is 0 Å². The van der Waals surface area contributed by atoms with Crippen molar-refractivity contribution in [3.05, 3.63) is 0 Å². The summed E-state index contributed by atoms with van der Waals surface area (Å²) in [5.41, 5.74) is 0. The predicted octanol–water partition coefficient (Wildman–Crippen LogP) is 2.02. The van der Waals surface area contributed by atoms with Crippen molar-refractivity contribution < 1.29 is 9.59 Å². The molecule has 0 aliphatic heterocycles. The number of hydrogen-bond acceptors (Lipinski definition) is 3. The molecule has 0 bridgehead atoms. The Morgan fingerprint density at radius 3 is 2.50 bits per heavy atom. The molecule has 1 fully saturated rings. The molecule has 0 heterocycles. The summed E-state index contributed by atoms with van der Waals surface area (Å²) in [6.07, 6.45) is 6.06. The number of hydrogen-bond donors (Lipinski definition) is 3. The van der Waals surface area contributed by atoms with Crippen molar-refractivity contribution in [1.82, 2.24) is 16.0 Å². The Labute approximate surface area is 122 Å². The van der Waals surface area contributed by atoms with Crippen LogP contribution in [0, 0.1) is 11.8 Å². The van der Waals surface area contributed by atoms with E-state index in [2.05, 4.69) is 29.8 Å². The van der Waals surface area contributed by atoms with Gasteiger partial charge in [0.05, 0.1) is 6.04 Å². The number of rotatable bonds is 6. The normalized spacial score (nSPS) is 23.6. The fraction of sp³-hybridized carbons (Fsp3) is 0.867. The van der Waals surface area contributed by atoms with E-state index in [0.717, 1.165) is 12.3 Å². The maximum atomic E-state index is 11.8. The molecule has 0 radical (unpaired) electrons. The van der Waals surface area contributed by atoms with Gasteiger partial charge in [-0.1, -0.05) is 26.7 Å². The zero-order valence-corrected chi connectivity index (χ0v) is 13.2. The zero-order chi connectivity index (χ0) is 15.1. The number of nitrogens with one attached hydrogen (secondary N) is 3. The summed E-state index contributed by atoms with van der Waals surface area (Å²) in [5.74, 6) is 1.12. The molecule has 1 aliphatic rings. The van der Waals surface area contributed by atoms with E-state index >= 15 is 0 Å². The van der Waals surface area contributed by atoms with Gasteiger partial charge >= 0.3 is 6.03 Å². The maximum Gasteiger partial charge on any atom is 0.321 e. The van der Waals surface area contributed by atoms with Gasteiger partial charge in [0.25, 0.3) is 0 Å². The second kappa shape index (κ2) is 8.25. The van der Waals surface area contributed by atoms with Crippen LogP contribution in [0.1, 0.15) is 52.9 Å². The SMILES string of the molecule is CNC(=O)NC(=O)[C@H](C)N[C@@H]1CCC[C@@H]1CCC(C)C. The lowest BCUT2D eigenvalue weighted by molar-refractivity contribution is -0.121. The average Bonchev–Trinajstić information content (AvgIpc) is 2.83. The standard InChI is InChI=1S/C15H29N3O2/c1-10(2)8-9-12-6-5-7-13(12)17-11(3)14(19)18-15(20)16-4/h10-13,17H,5-9H2,1-4H3,(H2,16,18,19,20)/t11-,12+,13+/m0/s1. The van der Waals surface area contributed by atoms with Gasteiger partial charge in [-0.25, -0.2) is 4.79 Å². The van der Waals surface area contributed by atoms with E-state index in [4.69, 9.17) is 0 Å². The molecule has 0 unspecified atom stereocenters. The second-order valence-corrected chi connectivity index (χ2v) is 6.23. The third-order valence-electron chi connectivity index (χ3n) is 4.10. The molecule has 20 heavy (non-hydrogen) atoms. The van der Waals surface area contributed by atoms with Crippen molar-refractivity contribution in [2.45, 2.75) is 65.0 Å². The Kier molecular flexibility index (Phi) is 6.99. The molecule has 0 aromatic rings. The minimum absolute atomic E-state index is 0.265. The van der Waals surface area contributed by atoms with Gasteiger partial charge in [0.2, 0.25) is 5.91 Å².